The lowest BCUT2D eigenvalue weighted by Gasteiger charge is -2.14. The minimum absolute atomic E-state index is 0.358. The topological polar surface area (TPSA) is 81.7 Å². The van der Waals surface area contributed by atoms with Gasteiger partial charge in [-0.25, -0.2) is 4.79 Å². The lowest BCUT2D eigenvalue weighted by molar-refractivity contribution is 0.262. The van der Waals surface area contributed by atoms with E-state index in [1.165, 1.54) is 0 Å². The van der Waals surface area contributed by atoms with Gasteiger partial charge in [-0.05, 0) is 60.0 Å². The van der Waals surface area contributed by atoms with E-state index in [1.807, 2.05) is 48.5 Å². The molecule has 0 bridgehead atoms. The summed E-state index contributed by atoms with van der Waals surface area (Å²) in [6, 6.07) is 21.2. The summed E-state index contributed by atoms with van der Waals surface area (Å²) >= 11 is 12.0. The maximum absolute atomic E-state index is 12.6. The van der Waals surface area contributed by atoms with E-state index in [4.69, 9.17) is 37.4 Å². The summed E-state index contributed by atoms with van der Waals surface area (Å²) in [4.78, 5) is 17.0. The second-order valence-electron chi connectivity index (χ2n) is 8.03. The Balaban J connectivity index is 1.40. The molecule has 37 heavy (non-hydrogen) atoms. The molecule has 0 atom stereocenters. The summed E-state index contributed by atoms with van der Waals surface area (Å²) in [7, 11) is 3.17. The standard InChI is InChI=1S/C28H21Cl2N3O4/c1-35-26-14-20-24(15-27(26)36-2)31-11-10-25(20)37-18-7-8-19-16(12-18)4-3-5-23(19)33-28(34)32-17-6-9-21(29)22(30)13-17/h3-15H,1-2H3,(H2,32,33,34). The second kappa shape index (κ2) is 10.4. The highest BCUT2D eigenvalue weighted by atomic mass is 35.5. The van der Waals surface area contributed by atoms with Crippen LogP contribution in [0.5, 0.6) is 23.0 Å². The van der Waals surface area contributed by atoms with Gasteiger partial charge >= 0.3 is 6.03 Å². The number of ether oxygens (including phenoxy) is 3. The number of rotatable bonds is 6. The van der Waals surface area contributed by atoms with Gasteiger partial charge in [-0.3, -0.25) is 4.98 Å². The number of nitrogens with zero attached hydrogens (tertiary/aromatic N) is 1. The number of amides is 2. The average Bonchev–Trinajstić information content (AvgIpc) is 2.90. The van der Waals surface area contributed by atoms with E-state index in [2.05, 4.69) is 15.6 Å². The average molecular weight is 534 g/mol. The van der Waals surface area contributed by atoms with Gasteiger partial charge in [-0.15, -0.1) is 0 Å². The fraction of sp³-hybridized carbons (Fsp3) is 0.0714. The van der Waals surface area contributed by atoms with Crippen LogP contribution in [0.4, 0.5) is 16.2 Å². The van der Waals surface area contributed by atoms with Crippen molar-refractivity contribution >= 4 is 62.3 Å². The van der Waals surface area contributed by atoms with Crippen molar-refractivity contribution in [1.82, 2.24) is 4.98 Å². The van der Waals surface area contributed by atoms with Crippen molar-refractivity contribution in [1.29, 1.82) is 0 Å². The summed E-state index contributed by atoms with van der Waals surface area (Å²) in [6.45, 7) is 0. The number of nitrogens with one attached hydrogen (secondary N) is 2. The fourth-order valence-electron chi connectivity index (χ4n) is 3.96. The lowest BCUT2D eigenvalue weighted by Crippen LogP contribution is -2.19. The summed E-state index contributed by atoms with van der Waals surface area (Å²) in [5.74, 6) is 2.43. The number of carbonyl (C=O) groups excluding carboxylic acids is 1. The molecule has 0 aliphatic carbocycles. The van der Waals surface area contributed by atoms with Crippen LogP contribution in [0.2, 0.25) is 10.0 Å². The van der Waals surface area contributed by atoms with Gasteiger partial charge in [0.2, 0.25) is 0 Å². The molecule has 5 aromatic rings. The minimum Gasteiger partial charge on any atom is -0.493 e. The van der Waals surface area contributed by atoms with Crippen LogP contribution in [0.1, 0.15) is 0 Å². The molecule has 0 aliphatic rings. The minimum atomic E-state index is -0.404. The first kappa shape index (κ1) is 24.5. The third kappa shape index (κ3) is 5.18. The molecule has 7 nitrogen and oxygen atoms in total. The molecule has 0 saturated carbocycles. The number of urea groups is 1. The van der Waals surface area contributed by atoms with Crippen molar-refractivity contribution in [3.63, 3.8) is 0 Å². The van der Waals surface area contributed by atoms with Gasteiger partial charge in [0, 0.05) is 28.7 Å². The Hall–Kier alpha value is -4.20. The molecular weight excluding hydrogens is 513 g/mol. The number of hydrogen-bond acceptors (Lipinski definition) is 5. The number of pyridine rings is 1. The zero-order valence-corrected chi connectivity index (χ0v) is 21.4. The zero-order chi connectivity index (χ0) is 25.9. The van der Waals surface area contributed by atoms with Crippen LogP contribution in [0, 0.1) is 0 Å². The molecule has 0 radical (unpaired) electrons. The molecule has 0 unspecified atom stereocenters. The molecule has 0 fully saturated rings. The highest BCUT2D eigenvalue weighted by Gasteiger charge is 2.13. The predicted octanol–water partition coefficient (Wildman–Crippen LogP) is 8.15. The van der Waals surface area contributed by atoms with E-state index >= 15 is 0 Å². The number of fused-ring (bicyclic) bond motifs is 2. The highest BCUT2D eigenvalue weighted by Crippen LogP contribution is 2.37. The predicted molar refractivity (Wildman–Crippen MR) is 148 cm³/mol. The first-order chi connectivity index (χ1) is 17.9. The number of halogens is 2. The Morgan fingerprint density at radius 3 is 2.38 bits per heavy atom. The van der Waals surface area contributed by atoms with Gasteiger partial charge in [0.1, 0.15) is 11.5 Å². The molecule has 0 spiro atoms. The number of methoxy groups -OCH3 is 2. The first-order valence-corrected chi connectivity index (χ1v) is 11.9. The molecule has 0 saturated heterocycles. The largest absolute Gasteiger partial charge is 0.493 e. The van der Waals surface area contributed by atoms with E-state index in [1.54, 1.807) is 44.7 Å². The third-order valence-electron chi connectivity index (χ3n) is 5.71. The SMILES string of the molecule is COc1cc2nccc(Oc3ccc4c(NC(=O)Nc5ccc(Cl)c(Cl)c5)cccc4c3)c2cc1OC. The van der Waals surface area contributed by atoms with Gasteiger partial charge in [0.15, 0.2) is 11.5 Å². The number of aromatic nitrogens is 1. The van der Waals surface area contributed by atoms with Crippen molar-refractivity contribution in [3.8, 4) is 23.0 Å². The Labute approximate surface area is 222 Å². The summed E-state index contributed by atoms with van der Waals surface area (Å²) in [5, 5.41) is 8.95. The van der Waals surface area contributed by atoms with Crippen LogP contribution >= 0.6 is 23.2 Å². The molecule has 2 amide bonds. The summed E-state index contributed by atoms with van der Waals surface area (Å²) < 4.78 is 17.1. The number of carbonyl (C=O) groups is 1. The van der Waals surface area contributed by atoms with Crippen molar-refractivity contribution < 1.29 is 19.0 Å². The molecule has 0 aliphatic heterocycles. The second-order valence-corrected chi connectivity index (χ2v) is 8.85. The molecule has 1 aromatic heterocycles. The molecule has 186 valence electrons. The smallest absolute Gasteiger partial charge is 0.323 e. The van der Waals surface area contributed by atoms with E-state index in [0.29, 0.717) is 44.4 Å². The van der Waals surface area contributed by atoms with Gasteiger partial charge in [-0.2, -0.15) is 0 Å². The number of benzene rings is 4. The Kier molecular flexibility index (Phi) is 6.90. The van der Waals surface area contributed by atoms with Crippen LogP contribution in [0.25, 0.3) is 21.7 Å². The van der Waals surface area contributed by atoms with E-state index < -0.39 is 6.03 Å². The number of hydrogen-bond donors (Lipinski definition) is 2. The van der Waals surface area contributed by atoms with E-state index in [9.17, 15) is 4.79 Å². The lowest BCUT2D eigenvalue weighted by atomic mass is 10.1. The molecule has 1 heterocycles. The van der Waals surface area contributed by atoms with Crippen molar-refractivity contribution in [2.45, 2.75) is 0 Å². The molecule has 9 heteroatoms. The van der Waals surface area contributed by atoms with Gasteiger partial charge < -0.3 is 24.8 Å². The fourth-order valence-corrected chi connectivity index (χ4v) is 4.25. The summed E-state index contributed by atoms with van der Waals surface area (Å²) in [6.07, 6.45) is 1.68. The van der Waals surface area contributed by atoms with Crippen molar-refractivity contribution in [2.24, 2.45) is 0 Å². The van der Waals surface area contributed by atoms with Crippen molar-refractivity contribution in [3.05, 3.63) is 89.0 Å². The van der Waals surface area contributed by atoms with E-state index in [-0.39, 0.29) is 0 Å². The highest BCUT2D eigenvalue weighted by molar-refractivity contribution is 6.42. The van der Waals surface area contributed by atoms with E-state index in [0.717, 1.165) is 21.7 Å². The number of anilines is 2. The molecule has 2 N–H and O–H groups in total. The van der Waals surface area contributed by atoms with Gasteiger partial charge in [-0.1, -0.05) is 35.3 Å². The maximum Gasteiger partial charge on any atom is 0.323 e. The monoisotopic (exact) mass is 533 g/mol. The van der Waals surface area contributed by atoms with Gasteiger partial charge in [0.25, 0.3) is 0 Å². The Bertz CT molecular complexity index is 1640. The normalized spacial score (nSPS) is 10.8. The van der Waals surface area contributed by atoms with Gasteiger partial charge in [0.05, 0.1) is 35.5 Å². The van der Waals surface area contributed by atoms with Crippen LogP contribution in [0.3, 0.4) is 0 Å². The zero-order valence-electron chi connectivity index (χ0n) is 19.8. The maximum atomic E-state index is 12.6. The molecule has 5 rings (SSSR count). The molecule has 4 aromatic carbocycles. The quantitative estimate of drug-likeness (QED) is 0.230. The Morgan fingerprint density at radius 2 is 1.59 bits per heavy atom. The van der Waals surface area contributed by atoms with Crippen LogP contribution < -0.4 is 24.8 Å². The molecular formula is C28H21Cl2N3O4. The third-order valence-corrected chi connectivity index (χ3v) is 6.45. The summed E-state index contributed by atoms with van der Waals surface area (Å²) in [5.41, 5.74) is 1.89. The Morgan fingerprint density at radius 1 is 0.784 bits per heavy atom. The first-order valence-electron chi connectivity index (χ1n) is 11.2. The van der Waals surface area contributed by atoms with Crippen LogP contribution in [-0.4, -0.2) is 25.2 Å². The van der Waals surface area contributed by atoms with Crippen LogP contribution in [0.15, 0.2) is 79.0 Å². The van der Waals surface area contributed by atoms with Crippen molar-refractivity contribution in [2.75, 3.05) is 24.9 Å². The van der Waals surface area contributed by atoms with Crippen LogP contribution in [-0.2, 0) is 0 Å².